The molecule has 6 heteroatoms. The molecule has 2 rings (SSSR count). The van der Waals surface area contributed by atoms with Gasteiger partial charge in [0.15, 0.2) is 5.78 Å². The second-order valence-electron chi connectivity index (χ2n) is 4.51. The zero-order valence-electron chi connectivity index (χ0n) is 11.8. The Morgan fingerprint density at radius 3 is 2.81 bits per heavy atom. The van der Waals surface area contributed by atoms with Crippen LogP contribution in [0.3, 0.4) is 0 Å². The Bertz CT molecular complexity index is 679. The fraction of sp³-hybridized carbons (Fsp3) is 0.267. The molecule has 0 radical (unpaired) electrons. The summed E-state index contributed by atoms with van der Waals surface area (Å²) in [5.74, 6) is -0.637. The summed E-state index contributed by atoms with van der Waals surface area (Å²) in [6.45, 7) is 3.84. The van der Waals surface area contributed by atoms with Gasteiger partial charge in [-0.1, -0.05) is 17.7 Å². The van der Waals surface area contributed by atoms with E-state index >= 15 is 0 Å². The standard InChI is InChI=1S/C15H15ClN2O3/c1-3-21-15(20)14-17-6-7-18(14)9-13(19)11-5-4-10(2)8-12(11)16/h4-8H,3,9H2,1-2H3. The lowest BCUT2D eigenvalue weighted by atomic mass is 10.1. The summed E-state index contributed by atoms with van der Waals surface area (Å²) in [4.78, 5) is 27.9. The van der Waals surface area contributed by atoms with Crippen molar-refractivity contribution in [2.45, 2.75) is 20.4 Å². The number of halogens is 1. The summed E-state index contributed by atoms with van der Waals surface area (Å²) in [7, 11) is 0. The van der Waals surface area contributed by atoms with Crippen molar-refractivity contribution in [3.8, 4) is 0 Å². The largest absolute Gasteiger partial charge is 0.460 e. The highest BCUT2D eigenvalue weighted by molar-refractivity contribution is 6.34. The number of carbonyl (C=O) groups excluding carboxylic acids is 2. The van der Waals surface area contributed by atoms with E-state index in [0.29, 0.717) is 10.6 Å². The van der Waals surface area contributed by atoms with Crippen LogP contribution >= 0.6 is 11.6 Å². The normalized spacial score (nSPS) is 10.4. The molecule has 0 atom stereocenters. The van der Waals surface area contributed by atoms with Gasteiger partial charge in [-0.3, -0.25) is 4.79 Å². The van der Waals surface area contributed by atoms with Crippen LogP contribution in [0.4, 0.5) is 0 Å². The molecule has 0 bridgehead atoms. The van der Waals surface area contributed by atoms with E-state index < -0.39 is 5.97 Å². The number of Topliss-reactive ketones (excluding diaryl/α,β-unsaturated/α-hetero) is 1. The van der Waals surface area contributed by atoms with Crippen LogP contribution in [0.15, 0.2) is 30.6 Å². The van der Waals surface area contributed by atoms with Crippen LogP contribution < -0.4 is 0 Å². The lowest BCUT2D eigenvalue weighted by Crippen LogP contribution is -2.17. The molecule has 110 valence electrons. The smallest absolute Gasteiger partial charge is 0.374 e. The first-order valence-electron chi connectivity index (χ1n) is 6.50. The van der Waals surface area contributed by atoms with Crippen LogP contribution in [0.5, 0.6) is 0 Å². The summed E-state index contributed by atoms with van der Waals surface area (Å²) in [5.41, 5.74) is 1.40. The van der Waals surface area contributed by atoms with Gasteiger partial charge in [-0.05, 0) is 31.5 Å². The number of rotatable bonds is 5. The topological polar surface area (TPSA) is 61.2 Å². The van der Waals surface area contributed by atoms with Gasteiger partial charge in [-0.25, -0.2) is 9.78 Å². The molecular weight excluding hydrogens is 292 g/mol. The minimum absolute atomic E-state index is 0.0169. The number of ketones is 1. The number of ether oxygens (including phenoxy) is 1. The van der Waals surface area contributed by atoms with E-state index in [1.54, 1.807) is 25.3 Å². The molecule has 1 aromatic carbocycles. The lowest BCUT2D eigenvalue weighted by molar-refractivity contribution is 0.0506. The average Bonchev–Trinajstić information content (AvgIpc) is 2.87. The quantitative estimate of drug-likeness (QED) is 0.629. The van der Waals surface area contributed by atoms with Gasteiger partial charge in [-0.2, -0.15) is 0 Å². The monoisotopic (exact) mass is 306 g/mol. The predicted molar refractivity (Wildman–Crippen MR) is 78.7 cm³/mol. The number of benzene rings is 1. The average molecular weight is 307 g/mol. The molecule has 21 heavy (non-hydrogen) atoms. The van der Waals surface area contributed by atoms with E-state index in [4.69, 9.17) is 16.3 Å². The van der Waals surface area contributed by atoms with Crippen molar-refractivity contribution in [3.05, 3.63) is 52.6 Å². The van der Waals surface area contributed by atoms with Crippen molar-refractivity contribution in [2.75, 3.05) is 6.61 Å². The van der Waals surface area contributed by atoms with Crippen molar-refractivity contribution in [1.29, 1.82) is 0 Å². The number of aryl methyl sites for hydroxylation is 1. The highest BCUT2D eigenvalue weighted by Crippen LogP contribution is 2.19. The highest BCUT2D eigenvalue weighted by atomic mass is 35.5. The van der Waals surface area contributed by atoms with Crippen molar-refractivity contribution < 1.29 is 14.3 Å². The Balaban J connectivity index is 2.20. The van der Waals surface area contributed by atoms with E-state index in [0.717, 1.165) is 5.56 Å². The van der Waals surface area contributed by atoms with Crippen LogP contribution in [0.1, 0.15) is 33.5 Å². The Labute approximate surface area is 127 Å². The third-order valence-corrected chi connectivity index (χ3v) is 3.23. The van der Waals surface area contributed by atoms with E-state index in [1.807, 2.05) is 13.0 Å². The van der Waals surface area contributed by atoms with Crippen LogP contribution in [0, 0.1) is 6.92 Å². The van der Waals surface area contributed by atoms with Crippen molar-refractivity contribution in [3.63, 3.8) is 0 Å². The Morgan fingerprint density at radius 1 is 1.38 bits per heavy atom. The predicted octanol–water partition coefficient (Wildman–Crippen LogP) is 2.90. The Hall–Kier alpha value is -2.14. The molecular formula is C15H15ClN2O3. The summed E-state index contributed by atoms with van der Waals surface area (Å²) in [6, 6.07) is 5.23. The number of aromatic nitrogens is 2. The van der Waals surface area contributed by atoms with Crippen LogP contribution in [0.25, 0.3) is 0 Å². The lowest BCUT2D eigenvalue weighted by Gasteiger charge is -2.08. The molecule has 0 N–H and O–H groups in total. The SMILES string of the molecule is CCOC(=O)c1nccn1CC(=O)c1ccc(C)cc1Cl. The molecule has 1 aromatic heterocycles. The summed E-state index contributed by atoms with van der Waals surface area (Å²) in [6.07, 6.45) is 3.02. The van der Waals surface area contributed by atoms with Crippen LogP contribution in [-0.4, -0.2) is 27.9 Å². The molecule has 0 unspecified atom stereocenters. The highest BCUT2D eigenvalue weighted by Gasteiger charge is 2.17. The molecule has 0 saturated carbocycles. The first-order chi connectivity index (χ1) is 10.0. The summed E-state index contributed by atoms with van der Waals surface area (Å²) in [5, 5.41) is 0.401. The van der Waals surface area contributed by atoms with Gasteiger partial charge >= 0.3 is 5.97 Å². The van der Waals surface area contributed by atoms with E-state index in [1.165, 1.54) is 10.8 Å². The van der Waals surface area contributed by atoms with Crippen LogP contribution in [-0.2, 0) is 11.3 Å². The van der Waals surface area contributed by atoms with Gasteiger partial charge in [0.05, 0.1) is 18.2 Å². The number of hydrogen-bond donors (Lipinski definition) is 0. The number of imidazole rings is 1. The number of esters is 1. The fourth-order valence-corrected chi connectivity index (χ4v) is 2.25. The summed E-state index contributed by atoms with van der Waals surface area (Å²) >= 11 is 6.08. The fourth-order valence-electron chi connectivity index (χ4n) is 1.91. The van der Waals surface area contributed by atoms with Gasteiger partial charge < -0.3 is 9.30 Å². The third kappa shape index (κ3) is 3.49. The number of hydrogen-bond acceptors (Lipinski definition) is 4. The van der Waals surface area contributed by atoms with Crippen molar-refractivity contribution >= 4 is 23.4 Å². The molecule has 0 aliphatic carbocycles. The minimum Gasteiger partial charge on any atom is -0.460 e. The Morgan fingerprint density at radius 2 is 2.14 bits per heavy atom. The number of carbonyl (C=O) groups is 2. The first kappa shape index (κ1) is 15.3. The van der Waals surface area contributed by atoms with Gasteiger partial charge in [0.1, 0.15) is 0 Å². The molecule has 0 amide bonds. The van der Waals surface area contributed by atoms with Crippen molar-refractivity contribution in [1.82, 2.24) is 9.55 Å². The maximum Gasteiger partial charge on any atom is 0.374 e. The third-order valence-electron chi connectivity index (χ3n) is 2.91. The zero-order valence-corrected chi connectivity index (χ0v) is 12.6. The molecule has 1 heterocycles. The molecule has 0 aliphatic rings. The summed E-state index contributed by atoms with van der Waals surface area (Å²) < 4.78 is 6.35. The van der Waals surface area contributed by atoms with E-state index in [-0.39, 0.29) is 24.8 Å². The van der Waals surface area contributed by atoms with Gasteiger partial charge in [0, 0.05) is 18.0 Å². The minimum atomic E-state index is -0.551. The van der Waals surface area contributed by atoms with Gasteiger partial charge in [0.25, 0.3) is 0 Å². The molecule has 2 aromatic rings. The van der Waals surface area contributed by atoms with E-state index in [9.17, 15) is 9.59 Å². The van der Waals surface area contributed by atoms with Crippen molar-refractivity contribution in [2.24, 2.45) is 0 Å². The second kappa shape index (κ2) is 6.54. The van der Waals surface area contributed by atoms with Crippen LogP contribution in [0.2, 0.25) is 5.02 Å². The molecule has 5 nitrogen and oxygen atoms in total. The molecule has 0 aliphatic heterocycles. The molecule has 0 saturated heterocycles. The molecule has 0 spiro atoms. The first-order valence-corrected chi connectivity index (χ1v) is 6.88. The maximum absolute atomic E-state index is 12.3. The van der Waals surface area contributed by atoms with Gasteiger partial charge in [0.2, 0.25) is 5.82 Å². The number of nitrogens with zero attached hydrogens (tertiary/aromatic N) is 2. The zero-order chi connectivity index (χ0) is 15.4. The van der Waals surface area contributed by atoms with Gasteiger partial charge in [-0.15, -0.1) is 0 Å². The van der Waals surface area contributed by atoms with E-state index in [2.05, 4.69) is 4.98 Å². The Kier molecular flexibility index (Phi) is 4.75. The maximum atomic E-state index is 12.3. The second-order valence-corrected chi connectivity index (χ2v) is 4.91. The molecule has 0 fully saturated rings.